The van der Waals surface area contributed by atoms with Gasteiger partial charge >= 0.3 is 0 Å². The van der Waals surface area contributed by atoms with Crippen molar-refractivity contribution in [3.8, 4) is 0 Å². The van der Waals surface area contributed by atoms with Crippen molar-refractivity contribution < 1.29 is 10.2 Å². The Balaban J connectivity index is 2.24. The molecule has 0 aliphatic carbocycles. The van der Waals surface area contributed by atoms with E-state index >= 15 is 0 Å². The number of rotatable bonds is 3. The molecule has 0 spiro atoms. The number of aromatic nitrogens is 2. The topological polar surface area (TPSA) is 69.5 Å². The van der Waals surface area contributed by atoms with Gasteiger partial charge in [-0.3, -0.25) is 0 Å². The lowest BCUT2D eigenvalue weighted by Gasteiger charge is -2.19. The Bertz CT molecular complexity index is 375. The Labute approximate surface area is 98.7 Å². The molecule has 1 aliphatic rings. The van der Waals surface area contributed by atoms with E-state index in [9.17, 15) is 5.11 Å². The van der Waals surface area contributed by atoms with E-state index in [4.69, 9.17) is 16.7 Å². The van der Waals surface area contributed by atoms with Gasteiger partial charge in [0.05, 0.1) is 12.2 Å². The number of aliphatic hydroxyl groups excluding tert-OH is 2. The van der Waals surface area contributed by atoms with Gasteiger partial charge in [0, 0.05) is 25.6 Å². The Morgan fingerprint density at radius 1 is 1.44 bits per heavy atom. The molecule has 6 heteroatoms. The van der Waals surface area contributed by atoms with Crippen molar-refractivity contribution in [3.05, 3.63) is 17.0 Å². The van der Waals surface area contributed by atoms with Gasteiger partial charge in [0.2, 0.25) is 0 Å². The van der Waals surface area contributed by atoms with Crippen LogP contribution in [0.25, 0.3) is 0 Å². The highest BCUT2D eigenvalue weighted by atomic mass is 35.5. The summed E-state index contributed by atoms with van der Waals surface area (Å²) in [6.07, 6.45) is 2.33. The number of anilines is 1. The second-order valence-electron chi connectivity index (χ2n) is 3.91. The van der Waals surface area contributed by atoms with E-state index in [0.717, 1.165) is 19.5 Å². The van der Waals surface area contributed by atoms with Gasteiger partial charge in [-0.2, -0.15) is 0 Å². The van der Waals surface area contributed by atoms with E-state index in [1.54, 1.807) is 0 Å². The number of hydrogen-bond acceptors (Lipinski definition) is 5. The monoisotopic (exact) mass is 243 g/mol. The van der Waals surface area contributed by atoms with Crippen LogP contribution in [0, 0.1) is 5.92 Å². The van der Waals surface area contributed by atoms with Crippen molar-refractivity contribution in [3.63, 3.8) is 0 Å². The van der Waals surface area contributed by atoms with Crippen LogP contribution in [-0.4, -0.2) is 39.9 Å². The van der Waals surface area contributed by atoms with Crippen LogP contribution in [0.15, 0.2) is 6.33 Å². The third-order valence-corrected chi connectivity index (χ3v) is 3.20. The summed E-state index contributed by atoms with van der Waals surface area (Å²) < 4.78 is 0. The summed E-state index contributed by atoms with van der Waals surface area (Å²) >= 11 is 5.89. The first kappa shape index (κ1) is 11.6. The number of hydrogen-bond donors (Lipinski definition) is 2. The predicted molar refractivity (Wildman–Crippen MR) is 60.4 cm³/mol. The Morgan fingerprint density at radius 2 is 2.25 bits per heavy atom. The van der Waals surface area contributed by atoms with Crippen LogP contribution in [-0.2, 0) is 6.61 Å². The molecule has 2 N–H and O–H groups in total. The van der Waals surface area contributed by atoms with E-state index in [2.05, 4.69) is 9.97 Å². The minimum atomic E-state index is -0.171. The van der Waals surface area contributed by atoms with E-state index < -0.39 is 0 Å². The highest BCUT2D eigenvalue weighted by Crippen LogP contribution is 2.27. The second kappa shape index (κ2) is 4.95. The van der Waals surface area contributed by atoms with Gasteiger partial charge in [-0.05, 0) is 6.42 Å². The maximum absolute atomic E-state index is 9.24. The van der Waals surface area contributed by atoms with Crippen molar-refractivity contribution >= 4 is 17.4 Å². The van der Waals surface area contributed by atoms with Crippen LogP contribution in [0.4, 0.5) is 5.82 Å². The maximum atomic E-state index is 9.24. The lowest BCUT2D eigenvalue weighted by molar-refractivity contribution is 0.238. The minimum absolute atomic E-state index is 0.171. The molecule has 5 nitrogen and oxygen atoms in total. The highest BCUT2D eigenvalue weighted by Gasteiger charge is 2.25. The first-order valence-electron chi connectivity index (χ1n) is 5.22. The Hall–Kier alpha value is -0.910. The van der Waals surface area contributed by atoms with Crippen molar-refractivity contribution in [2.45, 2.75) is 13.0 Å². The molecule has 0 saturated carbocycles. The van der Waals surface area contributed by atoms with E-state index in [1.165, 1.54) is 6.33 Å². The summed E-state index contributed by atoms with van der Waals surface area (Å²) in [7, 11) is 0. The zero-order chi connectivity index (χ0) is 11.5. The van der Waals surface area contributed by atoms with Crippen LogP contribution in [0.5, 0.6) is 0 Å². The summed E-state index contributed by atoms with van der Waals surface area (Å²) in [5, 5.41) is 18.6. The molecule has 2 rings (SSSR count). The van der Waals surface area contributed by atoms with Crippen LogP contribution in [0.3, 0.4) is 0 Å². The first-order chi connectivity index (χ1) is 7.76. The number of halogens is 1. The molecule has 2 heterocycles. The largest absolute Gasteiger partial charge is 0.396 e. The standard InChI is InChI=1S/C10H14ClN3O2/c11-9-8(5-16)10(13-6-12-9)14-2-1-7(3-14)4-15/h6-7,15-16H,1-5H2. The summed E-state index contributed by atoms with van der Waals surface area (Å²) in [6, 6.07) is 0. The average molecular weight is 244 g/mol. The average Bonchev–Trinajstić information content (AvgIpc) is 2.77. The molecule has 0 radical (unpaired) electrons. The fraction of sp³-hybridized carbons (Fsp3) is 0.600. The highest BCUT2D eigenvalue weighted by molar-refractivity contribution is 6.30. The maximum Gasteiger partial charge on any atom is 0.140 e. The molecule has 1 aliphatic heterocycles. The molecule has 0 aromatic carbocycles. The lowest BCUT2D eigenvalue weighted by Crippen LogP contribution is -2.23. The molecule has 1 atom stereocenters. The zero-order valence-electron chi connectivity index (χ0n) is 8.80. The molecule has 1 aromatic heterocycles. The quantitative estimate of drug-likeness (QED) is 0.754. The molecule has 1 saturated heterocycles. The van der Waals surface area contributed by atoms with Gasteiger partial charge < -0.3 is 15.1 Å². The molecule has 16 heavy (non-hydrogen) atoms. The van der Waals surface area contributed by atoms with Crippen LogP contribution < -0.4 is 4.90 Å². The Kier molecular flexibility index (Phi) is 3.58. The Morgan fingerprint density at radius 3 is 2.88 bits per heavy atom. The second-order valence-corrected chi connectivity index (χ2v) is 4.27. The molecule has 0 bridgehead atoms. The third-order valence-electron chi connectivity index (χ3n) is 2.87. The summed E-state index contributed by atoms with van der Waals surface area (Å²) in [5.74, 6) is 0.957. The van der Waals surface area contributed by atoms with E-state index in [1.807, 2.05) is 4.90 Å². The van der Waals surface area contributed by atoms with Gasteiger partial charge in [0.25, 0.3) is 0 Å². The summed E-state index contributed by atoms with van der Waals surface area (Å²) in [5.41, 5.74) is 0.558. The van der Waals surface area contributed by atoms with Crippen molar-refractivity contribution in [2.75, 3.05) is 24.6 Å². The molecular weight excluding hydrogens is 230 g/mol. The van der Waals surface area contributed by atoms with Crippen molar-refractivity contribution in [1.82, 2.24) is 9.97 Å². The van der Waals surface area contributed by atoms with Gasteiger partial charge in [0.1, 0.15) is 17.3 Å². The molecule has 1 unspecified atom stereocenters. The summed E-state index contributed by atoms with van der Waals surface area (Å²) in [4.78, 5) is 10.0. The molecule has 1 fully saturated rings. The van der Waals surface area contributed by atoms with Crippen molar-refractivity contribution in [2.24, 2.45) is 5.92 Å². The SMILES string of the molecule is OCc1c(Cl)ncnc1N1CCC(CO)C1. The van der Waals surface area contributed by atoms with Crippen LogP contribution >= 0.6 is 11.6 Å². The minimum Gasteiger partial charge on any atom is -0.396 e. The summed E-state index contributed by atoms with van der Waals surface area (Å²) in [6.45, 7) is 1.58. The number of aliphatic hydroxyl groups is 2. The fourth-order valence-corrected chi connectivity index (χ4v) is 2.15. The predicted octanol–water partition coefficient (Wildman–Crippen LogP) is 0.441. The van der Waals surface area contributed by atoms with Crippen molar-refractivity contribution in [1.29, 1.82) is 0 Å². The fourth-order valence-electron chi connectivity index (χ4n) is 1.96. The first-order valence-corrected chi connectivity index (χ1v) is 5.60. The van der Waals surface area contributed by atoms with Crippen LogP contribution in [0.2, 0.25) is 5.15 Å². The van der Waals surface area contributed by atoms with E-state index in [0.29, 0.717) is 16.5 Å². The van der Waals surface area contributed by atoms with Gasteiger partial charge in [-0.25, -0.2) is 9.97 Å². The molecule has 88 valence electrons. The molecular formula is C10H14ClN3O2. The smallest absolute Gasteiger partial charge is 0.140 e. The number of nitrogens with zero attached hydrogens (tertiary/aromatic N) is 3. The third kappa shape index (κ3) is 2.11. The van der Waals surface area contributed by atoms with Gasteiger partial charge in [0.15, 0.2) is 0 Å². The normalized spacial score (nSPS) is 20.4. The van der Waals surface area contributed by atoms with Crippen LogP contribution in [0.1, 0.15) is 12.0 Å². The van der Waals surface area contributed by atoms with E-state index in [-0.39, 0.29) is 19.1 Å². The van der Waals surface area contributed by atoms with Gasteiger partial charge in [-0.1, -0.05) is 11.6 Å². The molecule has 1 aromatic rings. The zero-order valence-corrected chi connectivity index (χ0v) is 9.56. The molecule has 0 amide bonds. The van der Waals surface area contributed by atoms with Gasteiger partial charge in [-0.15, -0.1) is 0 Å². The lowest BCUT2D eigenvalue weighted by atomic mass is 10.1.